The van der Waals surface area contributed by atoms with Gasteiger partial charge in [-0.1, -0.05) is 13.3 Å². The van der Waals surface area contributed by atoms with Crippen molar-refractivity contribution in [2.24, 2.45) is 0 Å². The van der Waals surface area contributed by atoms with E-state index in [1.165, 1.54) is 42.2 Å². The van der Waals surface area contributed by atoms with Crippen LogP contribution in [0, 0.1) is 0 Å². The van der Waals surface area contributed by atoms with Gasteiger partial charge in [-0.15, -0.1) is 11.3 Å². The molecule has 1 aliphatic heterocycles. The summed E-state index contributed by atoms with van der Waals surface area (Å²) in [5.74, 6) is 0. The summed E-state index contributed by atoms with van der Waals surface area (Å²) in [5, 5.41) is 4.58. The zero-order valence-electron chi connectivity index (χ0n) is 11.8. The number of nitrogens with zero attached hydrogens (tertiary/aromatic N) is 2. The average molecular weight is 267 g/mol. The molecule has 4 heteroatoms. The maximum absolute atomic E-state index is 4.60. The van der Waals surface area contributed by atoms with Gasteiger partial charge in [-0.25, -0.2) is 4.98 Å². The number of thiazole rings is 1. The summed E-state index contributed by atoms with van der Waals surface area (Å²) >= 11 is 1.87. The van der Waals surface area contributed by atoms with E-state index in [2.05, 4.69) is 29.0 Å². The Morgan fingerprint density at radius 1 is 1.56 bits per heavy atom. The third-order valence-electron chi connectivity index (χ3n) is 4.00. The van der Waals surface area contributed by atoms with Gasteiger partial charge in [-0.05, 0) is 39.9 Å². The maximum Gasteiger partial charge on any atom is 0.0943 e. The van der Waals surface area contributed by atoms with Gasteiger partial charge in [0.15, 0.2) is 0 Å². The van der Waals surface area contributed by atoms with Crippen LogP contribution in [-0.4, -0.2) is 36.1 Å². The first kappa shape index (κ1) is 14.0. The van der Waals surface area contributed by atoms with E-state index < -0.39 is 0 Å². The van der Waals surface area contributed by atoms with Crippen molar-refractivity contribution in [1.82, 2.24) is 15.2 Å². The molecule has 2 rings (SSSR count). The van der Waals surface area contributed by atoms with Crippen molar-refractivity contribution in [3.8, 4) is 0 Å². The zero-order valence-corrected chi connectivity index (χ0v) is 12.6. The minimum Gasteiger partial charge on any atom is -0.312 e. The van der Waals surface area contributed by atoms with Crippen molar-refractivity contribution >= 4 is 11.3 Å². The predicted octanol–water partition coefficient (Wildman–Crippen LogP) is 2.84. The first-order valence-electron chi connectivity index (χ1n) is 7.10. The Balaban J connectivity index is 1.97. The highest BCUT2D eigenvalue weighted by Crippen LogP contribution is 2.25. The molecule has 1 fully saturated rings. The molecule has 0 aliphatic carbocycles. The molecule has 0 bridgehead atoms. The Labute approximate surface area is 115 Å². The summed E-state index contributed by atoms with van der Waals surface area (Å²) in [5.41, 5.74) is 0. The van der Waals surface area contributed by atoms with Crippen molar-refractivity contribution in [3.63, 3.8) is 0 Å². The van der Waals surface area contributed by atoms with Crippen LogP contribution in [0.4, 0.5) is 0 Å². The maximum atomic E-state index is 4.60. The van der Waals surface area contributed by atoms with Crippen LogP contribution in [0.1, 0.15) is 49.0 Å². The van der Waals surface area contributed by atoms with Gasteiger partial charge < -0.3 is 10.2 Å². The van der Waals surface area contributed by atoms with E-state index in [1.54, 1.807) is 0 Å². The molecule has 102 valence electrons. The summed E-state index contributed by atoms with van der Waals surface area (Å²) in [6.07, 6.45) is 7.26. The number of hydrogen-bond donors (Lipinski definition) is 1. The number of hydrogen-bond acceptors (Lipinski definition) is 4. The molecule has 2 heterocycles. The van der Waals surface area contributed by atoms with Crippen LogP contribution in [0.15, 0.2) is 6.20 Å². The Morgan fingerprint density at radius 2 is 2.39 bits per heavy atom. The van der Waals surface area contributed by atoms with E-state index in [0.29, 0.717) is 12.1 Å². The molecule has 1 aromatic rings. The second kappa shape index (κ2) is 6.64. The lowest BCUT2D eigenvalue weighted by Crippen LogP contribution is -2.40. The SMILES string of the molecule is CCN1CCCCC1Cc1ncc(C(C)NC)s1. The second-order valence-electron chi connectivity index (χ2n) is 5.15. The van der Waals surface area contributed by atoms with Crippen molar-refractivity contribution in [3.05, 3.63) is 16.1 Å². The third kappa shape index (κ3) is 3.31. The minimum atomic E-state index is 0.421. The third-order valence-corrected chi connectivity index (χ3v) is 5.20. The first-order chi connectivity index (χ1) is 8.74. The lowest BCUT2D eigenvalue weighted by molar-refractivity contribution is 0.155. The highest BCUT2D eigenvalue weighted by Gasteiger charge is 2.22. The van der Waals surface area contributed by atoms with E-state index in [4.69, 9.17) is 0 Å². The molecular formula is C14H25N3S. The first-order valence-corrected chi connectivity index (χ1v) is 7.92. The van der Waals surface area contributed by atoms with Gasteiger partial charge in [-0.2, -0.15) is 0 Å². The summed E-state index contributed by atoms with van der Waals surface area (Å²) in [6, 6.07) is 1.14. The van der Waals surface area contributed by atoms with Gasteiger partial charge in [-0.3, -0.25) is 0 Å². The molecule has 1 aliphatic rings. The molecule has 0 aromatic carbocycles. The Kier molecular flexibility index (Phi) is 5.15. The minimum absolute atomic E-state index is 0.421. The number of aromatic nitrogens is 1. The zero-order chi connectivity index (χ0) is 13.0. The van der Waals surface area contributed by atoms with Gasteiger partial charge in [0.25, 0.3) is 0 Å². The Bertz CT molecular complexity index is 364. The molecule has 3 nitrogen and oxygen atoms in total. The molecule has 0 saturated carbocycles. The molecule has 0 spiro atoms. The Morgan fingerprint density at radius 3 is 3.11 bits per heavy atom. The normalized spacial score (nSPS) is 23.2. The molecule has 0 radical (unpaired) electrons. The predicted molar refractivity (Wildman–Crippen MR) is 78.2 cm³/mol. The lowest BCUT2D eigenvalue weighted by Gasteiger charge is -2.34. The molecule has 2 atom stereocenters. The number of likely N-dealkylation sites (tertiary alicyclic amines) is 1. The highest BCUT2D eigenvalue weighted by atomic mass is 32.1. The van der Waals surface area contributed by atoms with Crippen molar-refractivity contribution in [1.29, 1.82) is 0 Å². The summed E-state index contributed by atoms with van der Waals surface area (Å²) in [7, 11) is 2.00. The summed E-state index contributed by atoms with van der Waals surface area (Å²) in [4.78, 5) is 8.57. The van der Waals surface area contributed by atoms with Gasteiger partial charge in [0.2, 0.25) is 0 Å². The van der Waals surface area contributed by atoms with E-state index in [0.717, 1.165) is 6.42 Å². The quantitative estimate of drug-likeness (QED) is 0.889. The fourth-order valence-corrected chi connectivity index (χ4v) is 3.72. The fraction of sp³-hybridized carbons (Fsp3) is 0.786. The number of piperidine rings is 1. The monoisotopic (exact) mass is 267 g/mol. The molecule has 1 aromatic heterocycles. The van der Waals surface area contributed by atoms with Crippen LogP contribution in [-0.2, 0) is 6.42 Å². The molecular weight excluding hydrogens is 242 g/mol. The van der Waals surface area contributed by atoms with Crippen LogP contribution in [0.3, 0.4) is 0 Å². The summed E-state index contributed by atoms with van der Waals surface area (Å²) < 4.78 is 0. The van der Waals surface area contributed by atoms with Crippen LogP contribution < -0.4 is 5.32 Å². The van der Waals surface area contributed by atoms with Gasteiger partial charge in [0, 0.05) is 29.6 Å². The van der Waals surface area contributed by atoms with Gasteiger partial charge >= 0.3 is 0 Å². The van der Waals surface area contributed by atoms with Gasteiger partial charge in [0.05, 0.1) is 5.01 Å². The van der Waals surface area contributed by atoms with Crippen molar-refractivity contribution in [2.75, 3.05) is 20.1 Å². The number of likely N-dealkylation sites (N-methyl/N-ethyl adjacent to an activating group) is 1. The molecule has 1 saturated heterocycles. The van der Waals surface area contributed by atoms with Crippen LogP contribution in [0.5, 0.6) is 0 Å². The van der Waals surface area contributed by atoms with Crippen LogP contribution >= 0.6 is 11.3 Å². The number of nitrogens with one attached hydrogen (secondary N) is 1. The van der Waals surface area contributed by atoms with E-state index in [-0.39, 0.29) is 0 Å². The molecule has 0 amide bonds. The van der Waals surface area contributed by atoms with Crippen LogP contribution in [0.25, 0.3) is 0 Å². The standard InChI is InChI=1S/C14H25N3S/c1-4-17-8-6-5-7-12(17)9-14-16-10-13(18-14)11(2)15-3/h10-12,15H,4-9H2,1-3H3. The van der Waals surface area contributed by atoms with Crippen LogP contribution in [0.2, 0.25) is 0 Å². The Hall–Kier alpha value is -0.450. The van der Waals surface area contributed by atoms with Crippen molar-refractivity contribution in [2.45, 2.75) is 51.6 Å². The topological polar surface area (TPSA) is 28.2 Å². The number of rotatable bonds is 5. The van der Waals surface area contributed by atoms with Crippen molar-refractivity contribution < 1.29 is 0 Å². The fourth-order valence-electron chi connectivity index (χ4n) is 2.67. The van der Waals surface area contributed by atoms with E-state index in [9.17, 15) is 0 Å². The molecule has 1 N–H and O–H groups in total. The van der Waals surface area contributed by atoms with Gasteiger partial charge in [0.1, 0.15) is 0 Å². The molecule has 2 unspecified atom stereocenters. The average Bonchev–Trinajstić information content (AvgIpc) is 2.87. The van der Waals surface area contributed by atoms with E-state index >= 15 is 0 Å². The lowest BCUT2D eigenvalue weighted by atomic mass is 10.00. The smallest absolute Gasteiger partial charge is 0.0943 e. The summed E-state index contributed by atoms with van der Waals surface area (Å²) in [6.45, 7) is 6.91. The van der Waals surface area contributed by atoms with E-state index in [1.807, 2.05) is 24.6 Å². The largest absolute Gasteiger partial charge is 0.312 e. The highest BCUT2D eigenvalue weighted by molar-refractivity contribution is 7.11. The second-order valence-corrected chi connectivity index (χ2v) is 6.30. The molecule has 18 heavy (non-hydrogen) atoms.